The molecule has 1 aromatic carbocycles. The van der Waals surface area contributed by atoms with E-state index in [2.05, 4.69) is 15.3 Å². The Morgan fingerprint density at radius 3 is 2.83 bits per heavy atom. The Balaban J connectivity index is 1.99. The van der Waals surface area contributed by atoms with Gasteiger partial charge >= 0.3 is 5.69 Å². The molecule has 2 aromatic heterocycles. The van der Waals surface area contributed by atoms with Crippen molar-refractivity contribution in [2.75, 3.05) is 6.54 Å². The van der Waals surface area contributed by atoms with E-state index >= 15 is 0 Å². The fourth-order valence-electron chi connectivity index (χ4n) is 3.31. The van der Waals surface area contributed by atoms with Gasteiger partial charge in [0.05, 0.1) is 6.04 Å². The third-order valence-electron chi connectivity index (χ3n) is 4.48. The molecule has 0 saturated carbocycles. The quantitative estimate of drug-likeness (QED) is 0.525. The third-order valence-corrected chi connectivity index (χ3v) is 4.48. The lowest BCUT2D eigenvalue weighted by Gasteiger charge is -2.24. The Morgan fingerprint density at radius 2 is 2.00 bits per heavy atom. The van der Waals surface area contributed by atoms with Crippen molar-refractivity contribution in [3.05, 3.63) is 61.9 Å². The van der Waals surface area contributed by atoms with Gasteiger partial charge in [-0.2, -0.15) is 0 Å². The summed E-state index contributed by atoms with van der Waals surface area (Å²) >= 11 is 0. The van der Waals surface area contributed by atoms with E-state index in [1.807, 2.05) is 24.3 Å². The highest BCUT2D eigenvalue weighted by Crippen LogP contribution is 2.34. The number of nitrogens with zero attached hydrogens (tertiary/aromatic N) is 1. The van der Waals surface area contributed by atoms with Crippen LogP contribution in [-0.2, 0) is 13.5 Å². The minimum atomic E-state index is -0.635. The van der Waals surface area contributed by atoms with Gasteiger partial charge in [0.15, 0.2) is 0 Å². The van der Waals surface area contributed by atoms with Crippen LogP contribution in [0.5, 0.6) is 5.88 Å². The molecule has 0 aliphatic carbocycles. The first-order valence-electron chi connectivity index (χ1n) is 7.43. The van der Waals surface area contributed by atoms with Crippen LogP contribution < -0.4 is 16.6 Å². The van der Waals surface area contributed by atoms with Crippen LogP contribution in [0, 0.1) is 0 Å². The highest BCUT2D eigenvalue weighted by atomic mass is 16.3. The number of aromatic hydroxyl groups is 1. The Kier molecular flexibility index (Phi) is 2.92. The number of fused-ring (bicyclic) bond motifs is 3. The van der Waals surface area contributed by atoms with Gasteiger partial charge in [-0.15, -0.1) is 0 Å². The van der Waals surface area contributed by atoms with Gasteiger partial charge in [0.25, 0.3) is 5.56 Å². The first-order chi connectivity index (χ1) is 11.1. The normalized spacial score (nSPS) is 17.3. The van der Waals surface area contributed by atoms with Crippen LogP contribution in [-0.4, -0.2) is 26.2 Å². The predicted octanol–water partition coefficient (Wildman–Crippen LogP) is 0.496. The van der Waals surface area contributed by atoms with Crippen molar-refractivity contribution in [1.82, 2.24) is 19.9 Å². The van der Waals surface area contributed by atoms with Gasteiger partial charge in [0.2, 0.25) is 5.88 Å². The number of hydrogen-bond donors (Lipinski definition) is 4. The second-order valence-electron chi connectivity index (χ2n) is 5.76. The van der Waals surface area contributed by atoms with Crippen LogP contribution in [0.3, 0.4) is 0 Å². The second kappa shape index (κ2) is 4.85. The topological polar surface area (TPSA) is 103 Å². The molecule has 7 heteroatoms. The molecular formula is C16H16N4O3. The first kappa shape index (κ1) is 13.8. The van der Waals surface area contributed by atoms with Gasteiger partial charge < -0.3 is 15.4 Å². The maximum Gasteiger partial charge on any atom is 0.330 e. The number of para-hydroxylation sites is 1. The monoisotopic (exact) mass is 312 g/mol. The van der Waals surface area contributed by atoms with E-state index in [-0.39, 0.29) is 11.4 Å². The minimum absolute atomic E-state index is 0.152. The molecule has 0 unspecified atom stereocenters. The summed E-state index contributed by atoms with van der Waals surface area (Å²) in [4.78, 5) is 29.4. The number of aromatic amines is 2. The summed E-state index contributed by atoms with van der Waals surface area (Å²) in [7, 11) is 1.42. The van der Waals surface area contributed by atoms with Crippen molar-refractivity contribution in [2.24, 2.45) is 7.05 Å². The van der Waals surface area contributed by atoms with Crippen LogP contribution >= 0.6 is 0 Å². The Hall–Kier alpha value is -2.80. The van der Waals surface area contributed by atoms with Crippen molar-refractivity contribution < 1.29 is 5.11 Å². The fraction of sp³-hybridized carbons (Fsp3) is 0.250. The first-order valence-corrected chi connectivity index (χ1v) is 7.43. The van der Waals surface area contributed by atoms with Crippen LogP contribution in [0.4, 0.5) is 0 Å². The van der Waals surface area contributed by atoms with Gasteiger partial charge in [0.1, 0.15) is 5.56 Å². The lowest BCUT2D eigenvalue weighted by molar-refractivity contribution is 0.398. The van der Waals surface area contributed by atoms with E-state index in [0.29, 0.717) is 6.54 Å². The molecule has 1 aliphatic rings. The number of aromatic nitrogens is 3. The van der Waals surface area contributed by atoms with Crippen LogP contribution in [0.2, 0.25) is 0 Å². The van der Waals surface area contributed by atoms with Crippen LogP contribution in [0.15, 0.2) is 33.9 Å². The van der Waals surface area contributed by atoms with E-state index < -0.39 is 17.3 Å². The maximum atomic E-state index is 12.3. The summed E-state index contributed by atoms with van der Waals surface area (Å²) in [6.07, 6.45) is 0.834. The van der Waals surface area contributed by atoms with E-state index in [1.165, 1.54) is 7.05 Å². The molecule has 4 rings (SSSR count). The number of rotatable bonds is 1. The lowest BCUT2D eigenvalue weighted by Crippen LogP contribution is -2.38. The minimum Gasteiger partial charge on any atom is -0.494 e. The van der Waals surface area contributed by atoms with Crippen molar-refractivity contribution in [3.8, 4) is 5.88 Å². The van der Waals surface area contributed by atoms with Crippen molar-refractivity contribution in [2.45, 2.75) is 12.5 Å². The van der Waals surface area contributed by atoms with Crippen LogP contribution in [0.1, 0.15) is 22.9 Å². The zero-order valence-electron chi connectivity index (χ0n) is 12.5. The molecule has 0 radical (unpaired) electrons. The molecule has 7 nitrogen and oxygen atoms in total. The molecule has 0 saturated heterocycles. The molecule has 0 amide bonds. The van der Waals surface area contributed by atoms with Gasteiger partial charge in [-0.3, -0.25) is 14.3 Å². The number of nitrogens with one attached hydrogen (secondary N) is 3. The largest absolute Gasteiger partial charge is 0.494 e. The van der Waals surface area contributed by atoms with Crippen molar-refractivity contribution in [3.63, 3.8) is 0 Å². The van der Waals surface area contributed by atoms with E-state index in [1.54, 1.807) is 0 Å². The summed E-state index contributed by atoms with van der Waals surface area (Å²) < 4.78 is 1.04. The summed E-state index contributed by atoms with van der Waals surface area (Å²) in [5.74, 6) is -0.317. The molecule has 0 spiro atoms. The Labute approximate surface area is 130 Å². The van der Waals surface area contributed by atoms with Gasteiger partial charge in [-0.25, -0.2) is 4.79 Å². The predicted molar refractivity (Wildman–Crippen MR) is 85.8 cm³/mol. The molecule has 23 heavy (non-hydrogen) atoms. The molecule has 118 valence electrons. The zero-order chi connectivity index (χ0) is 16.1. The molecule has 3 heterocycles. The second-order valence-corrected chi connectivity index (χ2v) is 5.76. The van der Waals surface area contributed by atoms with Crippen molar-refractivity contribution in [1.29, 1.82) is 0 Å². The SMILES string of the molecule is Cn1c(O)c([C@@H]2NCCc3c2[nH]c2ccccc32)c(=O)[nH]c1=O. The molecule has 1 atom stereocenters. The number of benzene rings is 1. The van der Waals surface area contributed by atoms with Crippen molar-refractivity contribution >= 4 is 10.9 Å². The summed E-state index contributed by atoms with van der Waals surface area (Å²) in [5.41, 5.74) is 1.93. The van der Waals surface area contributed by atoms with E-state index in [9.17, 15) is 14.7 Å². The molecular weight excluding hydrogens is 296 g/mol. The van der Waals surface area contributed by atoms with Gasteiger partial charge in [-0.1, -0.05) is 18.2 Å². The highest BCUT2D eigenvalue weighted by molar-refractivity contribution is 5.85. The standard InChI is InChI=1S/C16H16N4O3/c1-20-15(22)11(14(21)19-16(20)23)13-12-9(6-7-17-13)8-4-2-3-5-10(8)18-12/h2-5,13,17-18,22H,6-7H2,1H3,(H,19,21,23)/t13-/m0/s1. The number of H-pyrrole nitrogens is 2. The molecule has 0 bridgehead atoms. The van der Waals surface area contributed by atoms with E-state index in [4.69, 9.17) is 0 Å². The zero-order valence-corrected chi connectivity index (χ0v) is 12.5. The molecule has 0 fully saturated rings. The highest BCUT2D eigenvalue weighted by Gasteiger charge is 2.30. The van der Waals surface area contributed by atoms with Crippen LogP contribution in [0.25, 0.3) is 10.9 Å². The smallest absolute Gasteiger partial charge is 0.330 e. The maximum absolute atomic E-state index is 12.3. The molecule has 4 N–H and O–H groups in total. The Morgan fingerprint density at radius 1 is 1.22 bits per heavy atom. The van der Waals surface area contributed by atoms with E-state index in [0.717, 1.165) is 33.1 Å². The summed E-state index contributed by atoms with van der Waals surface area (Å²) in [6.45, 7) is 0.682. The molecule has 1 aliphatic heterocycles. The summed E-state index contributed by atoms with van der Waals surface area (Å²) in [6, 6.07) is 7.46. The average Bonchev–Trinajstić information content (AvgIpc) is 2.92. The average molecular weight is 312 g/mol. The lowest BCUT2D eigenvalue weighted by atomic mass is 9.95. The summed E-state index contributed by atoms with van der Waals surface area (Å²) in [5, 5.41) is 14.7. The number of hydrogen-bond acceptors (Lipinski definition) is 4. The fourth-order valence-corrected chi connectivity index (χ4v) is 3.31. The van der Waals surface area contributed by atoms with Gasteiger partial charge in [0, 0.05) is 30.2 Å². The van der Waals surface area contributed by atoms with Gasteiger partial charge in [-0.05, 0) is 18.1 Å². The Bertz CT molecular complexity index is 1030. The third kappa shape index (κ3) is 1.93. The molecule has 3 aromatic rings.